The van der Waals surface area contributed by atoms with E-state index in [2.05, 4.69) is 0 Å². The first-order chi connectivity index (χ1) is 8.65. The van der Waals surface area contributed by atoms with Crippen molar-refractivity contribution in [2.24, 2.45) is 0 Å². The fraction of sp³-hybridized carbons (Fsp3) is 0.500. The number of hydrogen-bond donors (Lipinski definition) is 1. The number of carbonyl (C=O) groups is 2. The van der Waals surface area contributed by atoms with E-state index >= 15 is 0 Å². The third kappa shape index (κ3) is 2.33. The molecule has 0 aromatic carbocycles. The monoisotopic (exact) mass is 269 g/mol. The molecule has 1 N–H and O–H groups in total. The Morgan fingerprint density at radius 3 is 2.94 bits per heavy atom. The van der Waals surface area contributed by atoms with Gasteiger partial charge in [-0.15, -0.1) is 11.3 Å². The summed E-state index contributed by atoms with van der Waals surface area (Å²) in [6, 6.07) is 1.01. The maximum atomic E-state index is 12.3. The lowest BCUT2D eigenvalue weighted by Gasteiger charge is -2.32. The maximum Gasteiger partial charge on any atom is 0.326 e. The van der Waals surface area contributed by atoms with Gasteiger partial charge in [0.2, 0.25) is 0 Å². The van der Waals surface area contributed by atoms with Crippen LogP contribution in [-0.2, 0) is 4.79 Å². The smallest absolute Gasteiger partial charge is 0.326 e. The minimum absolute atomic E-state index is 0.242. The van der Waals surface area contributed by atoms with Crippen molar-refractivity contribution >= 4 is 23.2 Å². The van der Waals surface area contributed by atoms with Gasteiger partial charge in [0.15, 0.2) is 0 Å². The molecule has 1 fully saturated rings. The minimum atomic E-state index is -0.932. The molecular weight excluding hydrogens is 254 g/mol. The van der Waals surface area contributed by atoms with Crippen LogP contribution >= 0.6 is 11.3 Å². The highest BCUT2D eigenvalue weighted by molar-refractivity contribution is 7.12. The minimum Gasteiger partial charge on any atom is -0.495 e. The molecular formula is C12H15NO4S. The second-order valence-electron chi connectivity index (χ2n) is 4.17. The Balaban J connectivity index is 2.23. The fourth-order valence-corrected chi connectivity index (χ4v) is 2.99. The highest BCUT2D eigenvalue weighted by atomic mass is 32.1. The molecule has 98 valence electrons. The summed E-state index contributed by atoms with van der Waals surface area (Å²) in [5, 5.41) is 10.9. The topological polar surface area (TPSA) is 66.8 Å². The van der Waals surface area contributed by atoms with E-state index < -0.39 is 12.0 Å². The molecule has 0 saturated carbocycles. The van der Waals surface area contributed by atoms with Gasteiger partial charge in [-0.2, -0.15) is 0 Å². The van der Waals surface area contributed by atoms with Gasteiger partial charge < -0.3 is 14.7 Å². The number of piperidine rings is 1. The zero-order valence-electron chi connectivity index (χ0n) is 10.1. The number of nitrogens with zero attached hydrogens (tertiary/aromatic N) is 1. The normalized spacial score (nSPS) is 19.6. The van der Waals surface area contributed by atoms with E-state index in [1.54, 1.807) is 11.4 Å². The van der Waals surface area contributed by atoms with E-state index in [1.807, 2.05) is 0 Å². The molecule has 5 nitrogen and oxygen atoms in total. The third-order valence-electron chi connectivity index (χ3n) is 3.09. The number of thiophene rings is 1. The van der Waals surface area contributed by atoms with E-state index in [9.17, 15) is 9.59 Å². The summed E-state index contributed by atoms with van der Waals surface area (Å²) in [6.07, 6.45) is 2.22. The Bertz CT molecular complexity index is 457. The highest BCUT2D eigenvalue weighted by Crippen LogP contribution is 2.28. The van der Waals surface area contributed by atoms with Gasteiger partial charge in [0.1, 0.15) is 16.7 Å². The number of hydrogen-bond acceptors (Lipinski definition) is 4. The van der Waals surface area contributed by atoms with E-state index in [-0.39, 0.29) is 5.91 Å². The second-order valence-corrected chi connectivity index (χ2v) is 5.08. The molecule has 2 rings (SSSR count). The van der Waals surface area contributed by atoms with Crippen LogP contribution in [0.25, 0.3) is 0 Å². The van der Waals surface area contributed by atoms with Gasteiger partial charge in [-0.3, -0.25) is 4.79 Å². The van der Waals surface area contributed by atoms with Crippen molar-refractivity contribution in [3.05, 3.63) is 16.3 Å². The number of carboxylic acid groups (broad SMARTS) is 1. The largest absolute Gasteiger partial charge is 0.495 e. The Morgan fingerprint density at radius 1 is 1.50 bits per heavy atom. The first-order valence-corrected chi connectivity index (χ1v) is 6.68. The van der Waals surface area contributed by atoms with Crippen molar-refractivity contribution in [3.8, 4) is 5.75 Å². The SMILES string of the molecule is COc1ccsc1C(=O)N1CCCC[C@@H]1C(=O)O. The van der Waals surface area contributed by atoms with Crippen LogP contribution in [0.3, 0.4) is 0 Å². The summed E-state index contributed by atoms with van der Waals surface area (Å²) in [5.41, 5.74) is 0. The lowest BCUT2D eigenvalue weighted by Crippen LogP contribution is -2.47. The molecule has 6 heteroatoms. The Morgan fingerprint density at radius 2 is 2.28 bits per heavy atom. The van der Waals surface area contributed by atoms with E-state index in [0.717, 1.165) is 12.8 Å². The van der Waals surface area contributed by atoms with Gasteiger partial charge in [-0.1, -0.05) is 0 Å². The number of ether oxygens (including phenoxy) is 1. The number of carboxylic acids is 1. The predicted molar refractivity (Wildman–Crippen MR) is 67.2 cm³/mol. The molecule has 18 heavy (non-hydrogen) atoms. The first-order valence-electron chi connectivity index (χ1n) is 5.80. The van der Waals surface area contributed by atoms with Crippen LogP contribution in [0, 0.1) is 0 Å². The van der Waals surface area contributed by atoms with E-state index in [4.69, 9.17) is 9.84 Å². The average Bonchev–Trinajstić information content (AvgIpc) is 2.86. The Hall–Kier alpha value is -1.56. The second kappa shape index (κ2) is 5.39. The number of rotatable bonds is 3. The third-order valence-corrected chi connectivity index (χ3v) is 3.98. The quantitative estimate of drug-likeness (QED) is 0.909. The van der Waals surface area contributed by atoms with E-state index in [0.29, 0.717) is 23.6 Å². The van der Waals surface area contributed by atoms with Crippen LogP contribution in [0.15, 0.2) is 11.4 Å². The predicted octanol–water partition coefficient (Wildman–Crippen LogP) is 1.84. The molecule has 2 heterocycles. The van der Waals surface area contributed by atoms with Gasteiger partial charge >= 0.3 is 5.97 Å². The van der Waals surface area contributed by atoms with Crippen LogP contribution < -0.4 is 4.74 Å². The van der Waals surface area contributed by atoms with Gasteiger partial charge in [0.25, 0.3) is 5.91 Å². The van der Waals surface area contributed by atoms with Crippen molar-refractivity contribution in [2.75, 3.05) is 13.7 Å². The van der Waals surface area contributed by atoms with Gasteiger partial charge in [-0.05, 0) is 30.7 Å². The number of aliphatic carboxylic acids is 1. The molecule has 1 amide bonds. The van der Waals surface area contributed by atoms with Gasteiger partial charge in [0.05, 0.1) is 7.11 Å². The van der Waals surface area contributed by atoms with Crippen molar-refractivity contribution in [3.63, 3.8) is 0 Å². The number of carbonyl (C=O) groups excluding carboxylic acids is 1. The van der Waals surface area contributed by atoms with Gasteiger partial charge in [-0.25, -0.2) is 4.79 Å². The molecule has 0 aliphatic carbocycles. The molecule has 1 atom stereocenters. The van der Waals surface area contributed by atoms with Crippen LogP contribution in [0.1, 0.15) is 28.9 Å². The molecule has 1 aliphatic rings. The molecule has 0 unspecified atom stereocenters. The van der Waals surface area contributed by atoms with Crippen molar-refractivity contribution in [2.45, 2.75) is 25.3 Å². The standard InChI is InChI=1S/C12H15NO4S/c1-17-9-5-7-18-10(9)11(14)13-6-3-2-4-8(13)12(15)16/h5,7-8H,2-4,6H2,1H3,(H,15,16)/t8-/m1/s1. The summed E-state index contributed by atoms with van der Waals surface area (Å²) in [5.74, 6) is -0.660. The van der Waals surface area contributed by atoms with Crippen LogP contribution in [0.2, 0.25) is 0 Å². The summed E-state index contributed by atoms with van der Waals surface area (Å²) < 4.78 is 5.11. The van der Waals surface area contributed by atoms with Crippen molar-refractivity contribution < 1.29 is 19.4 Å². The number of methoxy groups -OCH3 is 1. The van der Waals surface area contributed by atoms with Crippen molar-refractivity contribution in [1.82, 2.24) is 4.90 Å². The number of amides is 1. The molecule has 1 aromatic heterocycles. The number of likely N-dealkylation sites (tertiary alicyclic amines) is 1. The first kappa shape index (κ1) is 12.9. The molecule has 0 radical (unpaired) electrons. The summed E-state index contributed by atoms with van der Waals surface area (Å²) >= 11 is 1.28. The Labute approximate surface area is 109 Å². The molecule has 0 spiro atoms. The van der Waals surface area contributed by atoms with Crippen LogP contribution in [0.5, 0.6) is 5.75 Å². The average molecular weight is 269 g/mol. The molecule has 1 aromatic rings. The van der Waals surface area contributed by atoms with Crippen LogP contribution in [0.4, 0.5) is 0 Å². The lowest BCUT2D eigenvalue weighted by molar-refractivity contribution is -0.143. The lowest BCUT2D eigenvalue weighted by atomic mass is 10.0. The van der Waals surface area contributed by atoms with Crippen LogP contribution in [-0.4, -0.2) is 41.6 Å². The van der Waals surface area contributed by atoms with Gasteiger partial charge in [0, 0.05) is 6.54 Å². The zero-order chi connectivity index (χ0) is 13.1. The fourth-order valence-electron chi connectivity index (χ4n) is 2.18. The summed E-state index contributed by atoms with van der Waals surface area (Å²) in [6.45, 7) is 0.497. The highest BCUT2D eigenvalue weighted by Gasteiger charge is 2.33. The summed E-state index contributed by atoms with van der Waals surface area (Å²) in [4.78, 5) is 25.4. The molecule has 0 bridgehead atoms. The maximum absolute atomic E-state index is 12.3. The molecule has 1 saturated heterocycles. The van der Waals surface area contributed by atoms with Crippen molar-refractivity contribution in [1.29, 1.82) is 0 Å². The van der Waals surface area contributed by atoms with E-state index in [1.165, 1.54) is 23.3 Å². The summed E-state index contributed by atoms with van der Waals surface area (Å²) in [7, 11) is 1.50. The molecule has 1 aliphatic heterocycles. The Kier molecular flexibility index (Phi) is 3.86. The zero-order valence-corrected chi connectivity index (χ0v) is 10.9.